The van der Waals surface area contributed by atoms with Gasteiger partial charge in [0.05, 0.1) is 12.7 Å². The molecule has 0 fully saturated rings. The van der Waals surface area contributed by atoms with Gasteiger partial charge in [0.1, 0.15) is 5.71 Å². The molecular weight excluding hydrogens is 218 g/mol. The van der Waals surface area contributed by atoms with Crippen LogP contribution in [0, 0.1) is 0 Å². The van der Waals surface area contributed by atoms with Crippen LogP contribution in [0.3, 0.4) is 0 Å². The smallest absolute Gasteiger partial charge is 0.266 e. The van der Waals surface area contributed by atoms with Gasteiger partial charge in [-0.25, -0.2) is 0 Å². The minimum atomic E-state index is -1.39. The van der Waals surface area contributed by atoms with Crippen molar-refractivity contribution in [3.8, 4) is 0 Å². The first-order chi connectivity index (χ1) is 8.28. The Balaban J connectivity index is 1.87. The SMILES string of the molecule is OC1(c2ccccc2)CC(c2ccco2)=NO1. The summed E-state index contributed by atoms with van der Waals surface area (Å²) in [5, 5.41) is 14.2. The molecule has 0 saturated heterocycles. The summed E-state index contributed by atoms with van der Waals surface area (Å²) in [6.45, 7) is 0. The maximum absolute atomic E-state index is 10.4. The number of hydrogen-bond donors (Lipinski definition) is 1. The first kappa shape index (κ1) is 10.1. The summed E-state index contributed by atoms with van der Waals surface area (Å²) in [7, 11) is 0. The predicted molar refractivity (Wildman–Crippen MR) is 61.3 cm³/mol. The van der Waals surface area contributed by atoms with E-state index in [1.807, 2.05) is 18.2 Å². The fourth-order valence-electron chi connectivity index (χ4n) is 1.85. The molecule has 4 nitrogen and oxygen atoms in total. The summed E-state index contributed by atoms with van der Waals surface area (Å²) in [5.74, 6) is -0.763. The Morgan fingerprint density at radius 3 is 2.65 bits per heavy atom. The van der Waals surface area contributed by atoms with Crippen LogP contribution in [0.2, 0.25) is 0 Å². The molecular formula is C13H11NO3. The lowest BCUT2D eigenvalue weighted by atomic mass is 10.00. The van der Waals surface area contributed by atoms with E-state index in [4.69, 9.17) is 9.25 Å². The Bertz CT molecular complexity index is 533. The third-order valence-electron chi connectivity index (χ3n) is 2.74. The van der Waals surface area contributed by atoms with Crippen molar-refractivity contribution < 1.29 is 14.4 Å². The molecule has 0 amide bonds. The number of rotatable bonds is 2. The summed E-state index contributed by atoms with van der Waals surface area (Å²) in [5.41, 5.74) is 1.30. The van der Waals surface area contributed by atoms with Gasteiger partial charge in [0.25, 0.3) is 5.79 Å². The van der Waals surface area contributed by atoms with E-state index in [0.717, 1.165) is 0 Å². The normalized spacial score (nSPS) is 23.2. The van der Waals surface area contributed by atoms with Crippen molar-refractivity contribution in [2.24, 2.45) is 5.16 Å². The van der Waals surface area contributed by atoms with Gasteiger partial charge in [-0.1, -0.05) is 35.5 Å². The summed E-state index contributed by atoms with van der Waals surface area (Å²) in [4.78, 5) is 5.15. The molecule has 4 heteroatoms. The van der Waals surface area contributed by atoms with E-state index in [2.05, 4.69) is 5.16 Å². The third kappa shape index (κ3) is 1.72. The fraction of sp³-hybridized carbons (Fsp3) is 0.154. The van der Waals surface area contributed by atoms with E-state index in [0.29, 0.717) is 17.0 Å². The van der Waals surface area contributed by atoms with Crippen molar-refractivity contribution in [1.29, 1.82) is 0 Å². The van der Waals surface area contributed by atoms with Gasteiger partial charge in [0.15, 0.2) is 5.76 Å². The highest BCUT2D eigenvalue weighted by atomic mass is 16.7. The molecule has 0 spiro atoms. The van der Waals surface area contributed by atoms with Crippen LogP contribution >= 0.6 is 0 Å². The van der Waals surface area contributed by atoms with Gasteiger partial charge >= 0.3 is 0 Å². The lowest BCUT2D eigenvalue weighted by Gasteiger charge is -2.19. The number of nitrogens with zero attached hydrogens (tertiary/aromatic N) is 1. The quantitative estimate of drug-likeness (QED) is 0.859. The lowest BCUT2D eigenvalue weighted by Crippen LogP contribution is -2.25. The van der Waals surface area contributed by atoms with Gasteiger partial charge < -0.3 is 14.4 Å². The van der Waals surface area contributed by atoms with Crippen LogP contribution in [0.5, 0.6) is 0 Å². The molecule has 1 aliphatic heterocycles. The third-order valence-corrected chi connectivity index (χ3v) is 2.74. The number of aliphatic hydroxyl groups is 1. The molecule has 0 aliphatic carbocycles. The van der Waals surface area contributed by atoms with Crippen LogP contribution in [0.4, 0.5) is 0 Å². The second-order valence-electron chi connectivity index (χ2n) is 3.93. The molecule has 1 atom stereocenters. The molecule has 86 valence electrons. The monoisotopic (exact) mass is 229 g/mol. The van der Waals surface area contributed by atoms with Gasteiger partial charge in [0, 0.05) is 5.56 Å². The molecule has 1 aromatic carbocycles. The molecule has 0 radical (unpaired) electrons. The minimum absolute atomic E-state index is 0.282. The molecule has 3 rings (SSSR count). The van der Waals surface area contributed by atoms with E-state index < -0.39 is 5.79 Å². The lowest BCUT2D eigenvalue weighted by molar-refractivity contribution is -0.193. The van der Waals surface area contributed by atoms with Crippen molar-refractivity contribution in [3.05, 3.63) is 60.1 Å². The van der Waals surface area contributed by atoms with Gasteiger partial charge in [-0.2, -0.15) is 0 Å². The van der Waals surface area contributed by atoms with Crippen LogP contribution in [-0.2, 0) is 10.6 Å². The standard InChI is InChI=1S/C13H11NO3/c15-13(10-5-2-1-3-6-10)9-11(14-17-13)12-7-4-8-16-12/h1-8,15H,9H2. The number of hydrogen-bond acceptors (Lipinski definition) is 4. The van der Waals surface area contributed by atoms with Gasteiger partial charge in [-0.3, -0.25) is 0 Å². The maximum Gasteiger partial charge on any atom is 0.266 e. The highest BCUT2D eigenvalue weighted by Gasteiger charge is 2.39. The topological polar surface area (TPSA) is 55.0 Å². The Labute approximate surface area is 98.1 Å². The largest absolute Gasteiger partial charge is 0.463 e. The average molecular weight is 229 g/mol. The van der Waals surface area contributed by atoms with Crippen molar-refractivity contribution >= 4 is 5.71 Å². The Hall–Kier alpha value is -2.07. The number of furan rings is 1. The van der Waals surface area contributed by atoms with Crippen LogP contribution in [0.1, 0.15) is 17.7 Å². The van der Waals surface area contributed by atoms with Crippen molar-refractivity contribution in [2.75, 3.05) is 0 Å². The Kier molecular flexibility index (Phi) is 2.23. The molecule has 2 aromatic rings. The minimum Gasteiger partial charge on any atom is -0.463 e. The van der Waals surface area contributed by atoms with E-state index in [9.17, 15) is 5.11 Å². The van der Waals surface area contributed by atoms with Gasteiger partial charge in [-0.15, -0.1) is 0 Å². The molecule has 1 aliphatic rings. The summed E-state index contributed by atoms with van der Waals surface area (Å²) >= 11 is 0. The Morgan fingerprint density at radius 1 is 1.12 bits per heavy atom. The number of oxime groups is 1. The summed E-state index contributed by atoms with van der Waals surface area (Å²) in [6.07, 6.45) is 1.85. The van der Waals surface area contributed by atoms with E-state index >= 15 is 0 Å². The van der Waals surface area contributed by atoms with Crippen LogP contribution < -0.4 is 0 Å². The maximum atomic E-state index is 10.4. The molecule has 1 unspecified atom stereocenters. The summed E-state index contributed by atoms with van der Waals surface area (Å²) < 4.78 is 5.22. The molecule has 1 N–H and O–H groups in total. The average Bonchev–Trinajstić information content (AvgIpc) is 3.00. The molecule has 17 heavy (non-hydrogen) atoms. The summed E-state index contributed by atoms with van der Waals surface area (Å²) in [6, 6.07) is 12.8. The predicted octanol–water partition coefficient (Wildman–Crippen LogP) is 2.25. The fourth-order valence-corrected chi connectivity index (χ4v) is 1.85. The van der Waals surface area contributed by atoms with Gasteiger partial charge in [-0.05, 0) is 12.1 Å². The van der Waals surface area contributed by atoms with E-state index in [1.54, 1.807) is 30.5 Å². The van der Waals surface area contributed by atoms with Crippen molar-refractivity contribution in [2.45, 2.75) is 12.2 Å². The molecule has 1 aromatic heterocycles. The number of benzene rings is 1. The van der Waals surface area contributed by atoms with Crippen molar-refractivity contribution in [1.82, 2.24) is 0 Å². The molecule has 0 bridgehead atoms. The first-order valence-electron chi connectivity index (χ1n) is 5.35. The van der Waals surface area contributed by atoms with E-state index in [-0.39, 0.29) is 6.42 Å². The Morgan fingerprint density at radius 2 is 1.94 bits per heavy atom. The highest BCUT2D eigenvalue weighted by molar-refractivity contribution is 5.99. The van der Waals surface area contributed by atoms with Gasteiger partial charge in [0.2, 0.25) is 0 Å². The zero-order valence-electron chi connectivity index (χ0n) is 9.04. The first-order valence-corrected chi connectivity index (χ1v) is 5.35. The second kappa shape index (κ2) is 3.75. The molecule has 0 saturated carbocycles. The van der Waals surface area contributed by atoms with Crippen LogP contribution in [0.25, 0.3) is 0 Å². The second-order valence-corrected chi connectivity index (χ2v) is 3.93. The molecule has 2 heterocycles. The van der Waals surface area contributed by atoms with Crippen LogP contribution in [-0.4, -0.2) is 10.8 Å². The van der Waals surface area contributed by atoms with E-state index in [1.165, 1.54) is 0 Å². The van der Waals surface area contributed by atoms with Crippen molar-refractivity contribution in [3.63, 3.8) is 0 Å². The highest BCUT2D eigenvalue weighted by Crippen LogP contribution is 2.33. The zero-order valence-corrected chi connectivity index (χ0v) is 9.04. The zero-order chi connectivity index (χ0) is 11.7. The van der Waals surface area contributed by atoms with Crippen LogP contribution in [0.15, 0.2) is 58.3 Å².